The van der Waals surface area contributed by atoms with Crippen molar-refractivity contribution < 1.29 is 18.0 Å². The average Bonchev–Trinajstić information content (AvgIpc) is 3.01. The number of hydrogen-bond acceptors (Lipinski definition) is 7. The van der Waals surface area contributed by atoms with E-state index in [2.05, 4.69) is 113 Å². The summed E-state index contributed by atoms with van der Waals surface area (Å²) in [6, 6.07) is 21.2. The molecule has 3 N–H and O–H groups in total. The molecule has 0 fully saturated rings. The van der Waals surface area contributed by atoms with Gasteiger partial charge in [0.05, 0.1) is 12.0 Å². The molecule has 7 nitrogen and oxygen atoms in total. The van der Waals surface area contributed by atoms with Crippen LogP contribution in [0.4, 0.5) is 0 Å². The normalized spacial score (nSPS) is 11.9. The molecule has 9 heteroatoms. The maximum Gasteiger partial charge on any atom is 0.189 e. The minimum absolute atomic E-state index is 0.138. The van der Waals surface area contributed by atoms with Gasteiger partial charge in [-0.3, -0.25) is 0 Å². The summed E-state index contributed by atoms with van der Waals surface area (Å²) in [6.07, 6.45) is 6.06. The lowest BCUT2D eigenvalue weighted by atomic mass is 10.0. The van der Waals surface area contributed by atoms with Crippen LogP contribution in [0.2, 0.25) is 0 Å². The summed E-state index contributed by atoms with van der Waals surface area (Å²) in [6.45, 7) is 15.3. The van der Waals surface area contributed by atoms with Gasteiger partial charge in [-0.1, -0.05) is 74.7 Å². The second-order valence-electron chi connectivity index (χ2n) is 9.80. The van der Waals surface area contributed by atoms with Crippen LogP contribution in [-0.4, -0.2) is 33.7 Å². The van der Waals surface area contributed by atoms with Gasteiger partial charge in [-0.2, -0.15) is 5.90 Å². The van der Waals surface area contributed by atoms with Crippen LogP contribution in [0.15, 0.2) is 113 Å². The molecule has 0 spiro atoms. The quantitative estimate of drug-likeness (QED) is 0.155. The Morgan fingerprint density at radius 1 is 1.07 bits per heavy atom. The van der Waals surface area contributed by atoms with E-state index in [9.17, 15) is 8.42 Å². The number of allylic oxidation sites excluding steroid dienone is 5. The highest BCUT2D eigenvalue weighted by Gasteiger charge is 2.13. The van der Waals surface area contributed by atoms with Crippen molar-refractivity contribution in [2.75, 3.05) is 20.4 Å². The number of benzene rings is 3. The molecule has 0 heterocycles. The molecule has 0 unspecified atom stereocenters. The Balaban J connectivity index is 0.000000385. The molecule has 3 aromatic rings. The van der Waals surface area contributed by atoms with Crippen molar-refractivity contribution in [2.45, 2.75) is 38.6 Å². The van der Waals surface area contributed by atoms with Crippen molar-refractivity contribution in [2.24, 2.45) is 5.90 Å². The Morgan fingerprint density at radius 3 is 2.33 bits per heavy atom. The number of nitrogens with zero attached hydrogens (tertiary/aromatic N) is 1. The summed E-state index contributed by atoms with van der Waals surface area (Å²) in [4.78, 5) is 6.74. The fraction of sp³-hybridized carbons (Fsp3) is 0.235. The standard InChI is InChI=1S/C26H31BrN2.C8H11NO4S/c1-7-22-13-11-14-23(17-22)18-28-26(29(6)21(5)25(27)8-2)16-20(4)24-15-10-9-12-19(24)3;1-12-7-4-3-6(14(2,10)11)5-8(7)13-9/h8-17,28H,2,4,7,18H2,1,3,5-6H3;3-5H,9H2,1-2H3/b25-21+,26-16-;. The first-order valence-electron chi connectivity index (χ1n) is 13.6. The lowest BCUT2D eigenvalue weighted by Crippen LogP contribution is -2.27. The van der Waals surface area contributed by atoms with Crippen LogP contribution in [-0.2, 0) is 22.8 Å². The number of hydrogen-bond donors (Lipinski definition) is 2. The molecule has 0 saturated carbocycles. The maximum atomic E-state index is 11.2. The molecule has 0 saturated heterocycles. The minimum Gasteiger partial charge on any atom is -0.493 e. The van der Waals surface area contributed by atoms with E-state index < -0.39 is 9.84 Å². The van der Waals surface area contributed by atoms with Crippen LogP contribution >= 0.6 is 15.9 Å². The zero-order valence-electron chi connectivity index (χ0n) is 25.8. The van der Waals surface area contributed by atoms with Gasteiger partial charge in [0.2, 0.25) is 0 Å². The third-order valence-corrected chi connectivity index (χ3v) is 8.76. The van der Waals surface area contributed by atoms with Crippen molar-refractivity contribution in [1.29, 1.82) is 0 Å². The van der Waals surface area contributed by atoms with E-state index in [1.54, 1.807) is 0 Å². The second-order valence-corrected chi connectivity index (χ2v) is 12.7. The highest BCUT2D eigenvalue weighted by molar-refractivity contribution is 9.11. The Morgan fingerprint density at radius 2 is 1.74 bits per heavy atom. The van der Waals surface area contributed by atoms with Gasteiger partial charge in [0.1, 0.15) is 5.82 Å². The Hall–Kier alpha value is -3.79. The van der Waals surface area contributed by atoms with Gasteiger partial charge in [0.25, 0.3) is 0 Å². The van der Waals surface area contributed by atoms with Gasteiger partial charge >= 0.3 is 0 Å². The fourth-order valence-electron chi connectivity index (χ4n) is 4.06. The van der Waals surface area contributed by atoms with Crippen molar-refractivity contribution in [3.8, 4) is 11.5 Å². The molecule has 0 aromatic heterocycles. The van der Waals surface area contributed by atoms with Crippen LogP contribution in [0.25, 0.3) is 5.57 Å². The predicted octanol–water partition coefficient (Wildman–Crippen LogP) is 7.30. The van der Waals surface area contributed by atoms with E-state index in [-0.39, 0.29) is 10.6 Å². The smallest absolute Gasteiger partial charge is 0.189 e. The molecule has 43 heavy (non-hydrogen) atoms. The summed E-state index contributed by atoms with van der Waals surface area (Å²) in [5, 5.41) is 3.60. The van der Waals surface area contributed by atoms with E-state index in [1.165, 1.54) is 42.0 Å². The lowest BCUT2D eigenvalue weighted by molar-refractivity contribution is 0.305. The Kier molecular flexibility index (Phi) is 13.8. The molecule has 0 aliphatic rings. The molecule has 0 radical (unpaired) electrons. The number of nitrogens with one attached hydrogen (secondary N) is 1. The van der Waals surface area contributed by atoms with Crippen molar-refractivity contribution in [3.05, 3.63) is 130 Å². The molecule has 0 aliphatic heterocycles. The van der Waals surface area contributed by atoms with E-state index in [0.29, 0.717) is 5.75 Å². The van der Waals surface area contributed by atoms with Crippen LogP contribution in [0, 0.1) is 6.92 Å². The van der Waals surface area contributed by atoms with Gasteiger partial charge in [-0.15, -0.1) is 0 Å². The summed E-state index contributed by atoms with van der Waals surface area (Å²) >= 11 is 3.59. The van der Waals surface area contributed by atoms with Gasteiger partial charge in [0.15, 0.2) is 21.3 Å². The maximum absolute atomic E-state index is 11.2. The van der Waals surface area contributed by atoms with E-state index in [4.69, 9.17) is 10.6 Å². The fourth-order valence-corrected chi connectivity index (χ4v) is 4.97. The highest BCUT2D eigenvalue weighted by atomic mass is 79.9. The van der Waals surface area contributed by atoms with Crippen LogP contribution in [0.3, 0.4) is 0 Å². The van der Waals surface area contributed by atoms with Gasteiger partial charge in [0, 0.05) is 36.1 Å². The summed E-state index contributed by atoms with van der Waals surface area (Å²) in [5.74, 6) is 6.53. The zero-order chi connectivity index (χ0) is 32.2. The first kappa shape index (κ1) is 35.4. The molecule has 0 atom stereocenters. The number of methoxy groups -OCH3 is 1. The van der Waals surface area contributed by atoms with Gasteiger partial charge in [-0.05, 0) is 82.2 Å². The molecular formula is C34H42BrN3O4S. The number of aryl methyl sites for hydroxylation is 2. The van der Waals surface area contributed by atoms with Crippen LogP contribution in [0.1, 0.15) is 36.1 Å². The average molecular weight is 669 g/mol. The van der Waals surface area contributed by atoms with Crippen molar-refractivity contribution in [1.82, 2.24) is 10.2 Å². The SMILES string of the molecule is C=C/C(Br)=C(/C)N(C)/C(=C\C(=C)c1ccccc1C)NCc1cccc(CC)c1.COc1ccc(S(C)(=O)=O)cc1ON. The monoisotopic (exact) mass is 667 g/mol. The topological polar surface area (TPSA) is 93.9 Å². The molecule has 3 rings (SSSR count). The number of ether oxygens (including phenoxy) is 1. The van der Waals surface area contributed by atoms with E-state index >= 15 is 0 Å². The van der Waals surface area contributed by atoms with Crippen molar-refractivity contribution in [3.63, 3.8) is 0 Å². The molecule has 0 bridgehead atoms. The molecule has 230 valence electrons. The van der Waals surface area contributed by atoms with Crippen LogP contribution < -0.4 is 20.8 Å². The Labute approximate surface area is 265 Å². The summed E-state index contributed by atoms with van der Waals surface area (Å²) in [7, 11) is 0.239. The van der Waals surface area contributed by atoms with Crippen molar-refractivity contribution >= 4 is 31.3 Å². The number of nitrogens with two attached hydrogens (primary N) is 1. The summed E-state index contributed by atoms with van der Waals surface area (Å²) in [5.41, 5.74) is 7.01. The highest BCUT2D eigenvalue weighted by Crippen LogP contribution is 2.28. The third-order valence-electron chi connectivity index (χ3n) is 6.75. The number of rotatable bonds is 12. The van der Waals surface area contributed by atoms with E-state index in [1.807, 2.05) is 19.2 Å². The number of halogens is 1. The predicted molar refractivity (Wildman–Crippen MR) is 181 cm³/mol. The first-order valence-corrected chi connectivity index (χ1v) is 16.3. The largest absolute Gasteiger partial charge is 0.493 e. The molecule has 0 amide bonds. The molecule has 3 aromatic carbocycles. The second kappa shape index (κ2) is 16.7. The van der Waals surface area contributed by atoms with Gasteiger partial charge in [-0.25, -0.2) is 8.42 Å². The van der Waals surface area contributed by atoms with Crippen LogP contribution in [0.5, 0.6) is 11.5 Å². The Bertz CT molecular complexity index is 1600. The summed E-state index contributed by atoms with van der Waals surface area (Å²) < 4.78 is 28.2. The third kappa shape index (κ3) is 10.5. The lowest BCUT2D eigenvalue weighted by Gasteiger charge is -2.26. The first-order chi connectivity index (χ1) is 20.4. The molecular weight excluding hydrogens is 626 g/mol. The number of sulfone groups is 1. The van der Waals surface area contributed by atoms with E-state index in [0.717, 1.165) is 46.4 Å². The molecule has 0 aliphatic carbocycles. The zero-order valence-corrected chi connectivity index (χ0v) is 28.2. The van der Waals surface area contributed by atoms with Gasteiger partial charge < -0.3 is 19.8 Å². The minimum atomic E-state index is -3.25.